The fourth-order valence-corrected chi connectivity index (χ4v) is 3.23. The van der Waals surface area contributed by atoms with E-state index in [4.69, 9.17) is 23.2 Å². The highest BCUT2D eigenvalue weighted by Gasteiger charge is 2.27. The Hall–Kier alpha value is -1.59. The molecule has 116 valence electrons. The standard InChI is InChI=1S/C15H14Cl2FN3O/c16-11-7-12(17)13(18)6-10(11)15(22)21-5-1-2-9(8-21)14-3-4-19-20-14/h3-4,6-7,9H,1-2,5,8H2,(H,19,20)/t9-/m0/s1. The van der Waals surface area contributed by atoms with Gasteiger partial charge in [0.2, 0.25) is 0 Å². The molecule has 0 aliphatic carbocycles. The second-order valence-electron chi connectivity index (χ2n) is 5.35. The Morgan fingerprint density at radius 3 is 2.91 bits per heavy atom. The summed E-state index contributed by atoms with van der Waals surface area (Å²) in [5.74, 6) is -0.711. The molecule has 1 atom stereocenters. The molecular formula is C15H14Cl2FN3O. The Labute approximate surface area is 137 Å². The molecule has 1 aliphatic rings. The van der Waals surface area contributed by atoms with Crippen LogP contribution in [0.4, 0.5) is 4.39 Å². The van der Waals surface area contributed by atoms with Crippen LogP contribution in [0.1, 0.15) is 34.8 Å². The summed E-state index contributed by atoms with van der Waals surface area (Å²) in [5, 5.41) is 6.97. The first-order valence-electron chi connectivity index (χ1n) is 6.99. The normalized spacial score (nSPS) is 18.5. The number of hydrogen-bond acceptors (Lipinski definition) is 2. The molecule has 1 aromatic heterocycles. The van der Waals surface area contributed by atoms with Crippen molar-refractivity contribution in [1.82, 2.24) is 15.1 Å². The van der Waals surface area contributed by atoms with E-state index in [1.54, 1.807) is 11.1 Å². The molecule has 1 aliphatic heterocycles. The van der Waals surface area contributed by atoms with Crippen molar-refractivity contribution in [3.63, 3.8) is 0 Å². The number of halogens is 3. The van der Waals surface area contributed by atoms with Gasteiger partial charge in [-0.15, -0.1) is 0 Å². The third-order valence-electron chi connectivity index (χ3n) is 3.91. The molecular weight excluding hydrogens is 328 g/mol. The average molecular weight is 342 g/mol. The average Bonchev–Trinajstić information content (AvgIpc) is 3.05. The van der Waals surface area contributed by atoms with Crippen LogP contribution in [-0.4, -0.2) is 34.1 Å². The summed E-state index contributed by atoms with van der Waals surface area (Å²) in [7, 11) is 0. The number of carbonyl (C=O) groups is 1. The maximum absolute atomic E-state index is 13.6. The lowest BCUT2D eigenvalue weighted by Crippen LogP contribution is -2.39. The Bertz CT molecular complexity index is 690. The van der Waals surface area contributed by atoms with Crippen molar-refractivity contribution in [1.29, 1.82) is 0 Å². The van der Waals surface area contributed by atoms with Crippen LogP contribution in [0.15, 0.2) is 24.4 Å². The molecule has 3 rings (SSSR count). The largest absolute Gasteiger partial charge is 0.338 e. The molecule has 2 heterocycles. The Balaban J connectivity index is 1.81. The molecule has 0 saturated carbocycles. The molecule has 0 spiro atoms. The third kappa shape index (κ3) is 2.96. The number of carbonyl (C=O) groups excluding carboxylic acids is 1. The number of nitrogens with one attached hydrogen (secondary N) is 1. The minimum absolute atomic E-state index is 0.0875. The van der Waals surface area contributed by atoms with Gasteiger partial charge in [0.05, 0.1) is 15.6 Å². The van der Waals surface area contributed by atoms with Crippen LogP contribution in [0, 0.1) is 5.82 Å². The van der Waals surface area contributed by atoms with Crippen molar-refractivity contribution >= 4 is 29.1 Å². The van der Waals surface area contributed by atoms with Gasteiger partial charge in [0.1, 0.15) is 5.82 Å². The number of aromatic amines is 1. The summed E-state index contributed by atoms with van der Waals surface area (Å²) < 4.78 is 13.6. The molecule has 1 saturated heterocycles. The van der Waals surface area contributed by atoms with Gasteiger partial charge in [0.15, 0.2) is 0 Å². The van der Waals surface area contributed by atoms with Gasteiger partial charge in [-0.25, -0.2) is 4.39 Å². The van der Waals surface area contributed by atoms with Gasteiger partial charge in [-0.2, -0.15) is 5.10 Å². The topological polar surface area (TPSA) is 49.0 Å². The number of hydrogen-bond donors (Lipinski definition) is 1. The first-order chi connectivity index (χ1) is 10.6. The lowest BCUT2D eigenvalue weighted by Gasteiger charge is -2.32. The van der Waals surface area contributed by atoms with E-state index in [-0.39, 0.29) is 27.4 Å². The van der Waals surface area contributed by atoms with E-state index in [1.807, 2.05) is 6.07 Å². The van der Waals surface area contributed by atoms with E-state index in [9.17, 15) is 9.18 Å². The van der Waals surface area contributed by atoms with Gasteiger partial charge in [-0.1, -0.05) is 23.2 Å². The molecule has 1 fully saturated rings. The summed E-state index contributed by atoms with van der Waals surface area (Å²) in [6.45, 7) is 1.19. The minimum Gasteiger partial charge on any atom is -0.338 e. The number of aromatic nitrogens is 2. The number of benzene rings is 1. The maximum Gasteiger partial charge on any atom is 0.255 e. The molecule has 0 radical (unpaired) electrons. The zero-order valence-corrected chi connectivity index (χ0v) is 13.2. The summed E-state index contributed by atoms with van der Waals surface area (Å²) in [5.41, 5.74) is 1.15. The van der Waals surface area contributed by atoms with Crippen molar-refractivity contribution in [3.05, 3.63) is 51.5 Å². The fourth-order valence-electron chi connectivity index (χ4n) is 2.77. The van der Waals surface area contributed by atoms with Gasteiger partial charge in [-0.3, -0.25) is 9.89 Å². The molecule has 7 heteroatoms. The van der Waals surface area contributed by atoms with Crippen molar-refractivity contribution in [3.8, 4) is 0 Å². The zero-order valence-electron chi connectivity index (χ0n) is 11.7. The number of rotatable bonds is 2. The van der Waals surface area contributed by atoms with E-state index in [0.717, 1.165) is 24.6 Å². The van der Waals surface area contributed by atoms with Gasteiger partial charge in [0.25, 0.3) is 5.91 Å². The van der Waals surface area contributed by atoms with Crippen molar-refractivity contribution in [2.45, 2.75) is 18.8 Å². The predicted octanol–water partition coefficient (Wildman–Crippen LogP) is 3.88. The molecule has 2 aromatic rings. The number of H-pyrrole nitrogens is 1. The van der Waals surface area contributed by atoms with Gasteiger partial charge in [0, 0.05) is 30.9 Å². The van der Waals surface area contributed by atoms with E-state index >= 15 is 0 Å². The van der Waals surface area contributed by atoms with Gasteiger partial charge >= 0.3 is 0 Å². The summed E-state index contributed by atoms with van der Waals surface area (Å²) in [4.78, 5) is 14.3. The monoisotopic (exact) mass is 341 g/mol. The SMILES string of the molecule is O=C(c1cc(F)c(Cl)cc1Cl)N1CCC[C@H](c2ccn[nH]2)C1. The minimum atomic E-state index is -0.642. The molecule has 0 unspecified atom stereocenters. The summed E-state index contributed by atoms with van der Waals surface area (Å²) >= 11 is 11.7. The molecule has 22 heavy (non-hydrogen) atoms. The zero-order chi connectivity index (χ0) is 15.7. The lowest BCUT2D eigenvalue weighted by molar-refractivity contribution is 0.0705. The van der Waals surface area contributed by atoms with E-state index in [2.05, 4.69) is 10.2 Å². The van der Waals surface area contributed by atoms with E-state index in [1.165, 1.54) is 6.07 Å². The molecule has 4 nitrogen and oxygen atoms in total. The van der Waals surface area contributed by atoms with Gasteiger partial charge in [-0.05, 0) is 31.0 Å². The molecule has 0 bridgehead atoms. The van der Waals surface area contributed by atoms with Crippen LogP contribution in [0.2, 0.25) is 10.0 Å². The van der Waals surface area contributed by atoms with E-state index in [0.29, 0.717) is 13.1 Å². The first kappa shape index (κ1) is 15.3. The van der Waals surface area contributed by atoms with Crippen molar-refractivity contribution in [2.24, 2.45) is 0 Å². The highest BCUT2D eigenvalue weighted by atomic mass is 35.5. The Morgan fingerprint density at radius 1 is 1.36 bits per heavy atom. The highest BCUT2D eigenvalue weighted by molar-refractivity contribution is 6.36. The first-order valence-corrected chi connectivity index (χ1v) is 7.75. The fraction of sp³-hybridized carbons (Fsp3) is 0.333. The Morgan fingerprint density at radius 2 is 2.18 bits per heavy atom. The Kier molecular flexibility index (Phi) is 4.36. The number of nitrogens with zero attached hydrogens (tertiary/aromatic N) is 2. The van der Waals surface area contributed by atoms with Crippen LogP contribution >= 0.6 is 23.2 Å². The van der Waals surface area contributed by atoms with Crippen molar-refractivity contribution in [2.75, 3.05) is 13.1 Å². The summed E-state index contributed by atoms with van der Waals surface area (Å²) in [6, 6.07) is 4.28. The lowest BCUT2D eigenvalue weighted by atomic mass is 9.94. The highest BCUT2D eigenvalue weighted by Crippen LogP contribution is 2.29. The molecule has 1 aromatic carbocycles. The quantitative estimate of drug-likeness (QED) is 0.842. The molecule has 1 N–H and O–H groups in total. The van der Waals surface area contributed by atoms with Gasteiger partial charge < -0.3 is 4.90 Å². The smallest absolute Gasteiger partial charge is 0.255 e. The summed E-state index contributed by atoms with van der Waals surface area (Å²) in [6.07, 6.45) is 3.55. The second-order valence-corrected chi connectivity index (χ2v) is 6.16. The van der Waals surface area contributed by atoms with Crippen LogP contribution in [0.3, 0.4) is 0 Å². The van der Waals surface area contributed by atoms with Crippen LogP contribution in [-0.2, 0) is 0 Å². The van der Waals surface area contributed by atoms with Crippen LogP contribution < -0.4 is 0 Å². The number of likely N-dealkylation sites (tertiary alicyclic amines) is 1. The van der Waals surface area contributed by atoms with E-state index < -0.39 is 5.82 Å². The number of piperidine rings is 1. The maximum atomic E-state index is 13.6. The van der Waals surface area contributed by atoms with Crippen LogP contribution in [0.25, 0.3) is 0 Å². The van der Waals surface area contributed by atoms with Crippen LogP contribution in [0.5, 0.6) is 0 Å². The number of amides is 1. The predicted molar refractivity (Wildman–Crippen MR) is 82.9 cm³/mol. The second kappa shape index (κ2) is 6.26. The third-order valence-corrected chi connectivity index (χ3v) is 4.51. The van der Waals surface area contributed by atoms with Crippen molar-refractivity contribution < 1.29 is 9.18 Å². The molecule has 1 amide bonds.